The lowest BCUT2D eigenvalue weighted by molar-refractivity contribution is 0.509. The highest BCUT2D eigenvalue weighted by Crippen LogP contribution is 2.16. The largest absolute Gasteiger partial charge is 0.313 e. The third-order valence-corrected chi connectivity index (χ3v) is 3.92. The average molecular weight is 222 g/mol. The number of pyridine rings is 1. The second-order valence-electron chi connectivity index (χ2n) is 3.94. The van der Waals surface area contributed by atoms with Crippen molar-refractivity contribution >= 4 is 11.8 Å². The Morgan fingerprint density at radius 3 is 3.20 bits per heavy atom. The summed E-state index contributed by atoms with van der Waals surface area (Å²) in [5.41, 5.74) is 1.19. The number of hydrogen-bond acceptors (Lipinski definition) is 3. The third-order valence-electron chi connectivity index (χ3n) is 2.70. The fraction of sp³-hybridized carbons (Fsp3) is 0.583. The standard InChI is InChI=1S/C12H18N2S/c1-2-7-13-11(4-1)6-8-14-12-5-3-9-15-10-12/h1-2,4,7,12,14H,3,5-6,8-10H2/t12-/m0/s1. The van der Waals surface area contributed by atoms with Crippen LogP contribution in [-0.2, 0) is 6.42 Å². The van der Waals surface area contributed by atoms with Crippen molar-refractivity contribution in [2.75, 3.05) is 18.1 Å². The summed E-state index contributed by atoms with van der Waals surface area (Å²) in [7, 11) is 0. The van der Waals surface area contributed by atoms with Gasteiger partial charge in [-0.2, -0.15) is 11.8 Å². The topological polar surface area (TPSA) is 24.9 Å². The molecular weight excluding hydrogens is 204 g/mol. The predicted octanol–water partition coefficient (Wildman–Crippen LogP) is 2.11. The van der Waals surface area contributed by atoms with Crippen LogP contribution in [0, 0.1) is 0 Å². The molecule has 1 aliphatic heterocycles. The van der Waals surface area contributed by atoms with Crippen molar-refractivity contribution in [2.24, 2.45) is 0 Å². The Morgan fingerprint density at radius 1 is 1.47 bits per heavy atom. The molecular formula is C12H18N2S. The minimum Gasteiger partial charge on any atom is -0.313 e. The second-order valence-corrected chi connectivity index (χ2v) is 5.09. The van der Waals surface area contributed by atoms with Gasteiger partial charge in [-0.15, -0.1) is 0 Å². The molecule has 0 spiro atoms. The van der Waals surface area contributed by atoms with Crippen LogP contribution in [0.15, 0.2) is 24.4 Å². The maximum Gasteiger partial charge on any atom is 0.0416 e. The summed E-state index contributed by atoms with van der Waals surface area (Å²) in [6, 6.07) is 6.85. The molecule has 3 heteroatoms. The van der Waals surface area contributed by atoms with Crippen LogP contribution < -0.4 is 5.32 Å². The molecule has 0 aromatic carbocycles. The maximum atomic E-state index is 4.32. The van der Waals surface area contributed by atoms with Crippen LogP contribution >= 0.6 is 11.8 Å². The Kier molecular flexibility index (Phi) is 4.48. The lowest BCUT2D eigenvalue weighted by atomic mass is 10.2. The second kappa shape index (κ2) is 6.13. The van der Waals surface area contributed by atoms with E-state index >= 15 is 0 Å². The Morgan fingerprint density at radius 2 is 2.47 bits per heavy atom. The molecule has 1 aliphatic rings. The van der Waals surface area contributed by atoms with E-state index in [-0.39, 0.29) is 0 Å². The zero-order chi connectivity index (χ0) is 10.3. The first-order valence-corrected chi connectivity index (χ1v) is 6.81. The molecule has 1 aromatic heterocycles. The fourth-order valence-electron chi connectivity index (χ4n) is 1.85. The summed E-state index contributed by atoms with van der Waals surface area (Å²) in [6.45, 7) is 1.06. The molecule has 2 heterocycles. The molecule has 0 bridgehead atoms. The van der Waals surface area contributed by atoms with Crippen molar-refractivity contribution in [2.45, 2.75) is 25.3 Å². The van der Waals surface area contributed by atoms with Gasteiger partial charge in [0.25, 0.3) is 0 Å². The number of rotatable bonds is 4. The van der Waals surface area contributed by atoms with E-state index in [2.05, 4.69) is 34.2 Å². The van der Waals surface area contributed by atoms with E-state index in [1.807, 2.05) is 12.3 Å². The minimum absolute atomic E-state index is 0.729. The fourth-order valence-corrected chi connectivity index (χ4v) is 2.96. The van der Waals surface area contributed by atoms with Gasteiger partial charge in [-0.1, -0.05) is 6.07 Å². The van der Waals surface area contributed by atoms with Crippen LogP contribution in [0.4, 0.5) is 0 Å². The van der Waals surface area contributed by atoms with Crippen molar-refractivity contribution in [3.8, 4) is 0 Å². The number of hydrogen-bond donors (Lipinski definition) is 1. The molecule has 82 valence electrons. The first-order valence-electron chi connectivity index (χ1n) is 5.66. The molecule has 0 radical (unpaired) electrons. The normalized spacial score (nSPS) is 21.5. The van der Waals surface area contributed by atoms with E-state index in [9.17, 15) is 0 Å². The first-order chi connectivity index (χ1) is 7.45. The Labute approximate surface area is 95.9 Å². The summed E-state index contributed by atoms with van der Waals surface area (Å²) >= 11 is 2.07. The molecule has 1 saturated heterocycles. The third kappa shape index (κ3) is 3.84. The predicted molar refractivity (Wildman–Crippen MR) is 66.3 cm³/mol. The summed E-state index contributed by atoms with van der Waals surface area (Å²) in [4.78, 5) is 4.32. The van der Waals surface area contributed by atoms with E-state index in [1.54, 1.807) is 0 Å². The van der Waals surface area contributed by atoms with E-state index in [4.69, 9.17) is 0 Å². The van der Waals surface area contributed by atoms with Gasteiger partial charge >= 0.3 is 0 Å². The van der Waals surface area contributed by atoms with Gasteiger partial charge in [0.1, 0.15) is 0 Å². The zero-order valence-corrected chi connectivity index (χ0v) is 9.80. The lowest BCUT2D eigenvalue weighted by Crippen LogP contribution is -2.35. The van der Waals surface area contributed by atoms with Crippen molar-refractivity contribution in [1.29, 1.82) is 0 Å². The minimum atomic E-state index is 0.729. The van der Waals surface area contributed by atoms with Crippen LogP contribution in [0.25, 0.3) is 0 Å². The van der Waals surface area contributed by atoms with Gasteiger partial charge in [0.2, 0.25) is 0 Å². The van der Waals surface area contributed by atoms with Crippen molar-refractivity contribution in [3.05, 3.63) is 30.1 Å². The highest BCUT2D eigenvalue weighted by molar-refractivity contribution is 7.99. The summed E-state index contributed by atoms with van der Waals surface area (Å²) in [5, 5.41) is 3.61. The van der Waals surface area contributed by atoms with Crippen LogP contribution in [0.1, 0.15) is 18.5 Å². The van der Waals surface area contributed by atoms with Crippen LogP contribution in [-0.4, -0.2) is 29.1 Å². The number of nitrogens with zero attached hydrogens (tertiary/aromatic N) is 1. The first kappa shape index (κ1) is 11.0. The zero-order valence-electron chi connectivity index (χ0n) is 8.98. The van der Waals surface area contributed by atoms with Gasteiger partial charge in [-0.25, -0.2) is 0 Å². The molecule has 0 amide bonds. The maximum absolute atomic E-state index is 4.32. The summed E-state index contributed by atoms with van der Waals surface area (Å²) in [5.74, 6) is 2.63. The van der Waals surface area contributed by atoms with Crippen LogP contribution in [0.2, 0.25) is 0 Å². The molecule has 0 unspecified atom stereocenters. The van der Waals surface area contributed by atoms with Crippen LogP contribution in [0.5, 0.6) is 0 Å². The molecule has 2 rings (SSSR count). The van der Waals surface area contributed by atoms with E-state index in [0.717, 1.165) is 19.0 Å². The van der Waals surface area contributed by atoms with Crippen molar-refractivity contribution in [3.63, 3.8) is 0 Å². The molecule has 2 nitrogen and oxygen atoms in total. The van der Waals surface area contributed by atoms with E-state index < -0.39 is 0 Å². The van der Waals surface area contributed by atoms with Gasteiger partial charge < -0.3 is 5.32 Å². The molecule has 0 saturated carbocycles. The number of aromatic nitrogens is 1. The lowest BCUT2D eigenvalue weighted by Gasteiger charge is -2.22. The monoisotopic (exact) mass is 222 g/mol. The van der Waals surface area contributed by atoms with Gasteiger partial charge in [0.15, 0.2) is 0 Å². The SMILES string of the molecule is c1ccc(CCN[C@H]2CCCSC2)nc1. The molecule has 1 fully saturated rings. The Bertz CT molecular complexity index is 270. The van der Waals surface area contributed by atoms with Crippen molar-refractivity contribution < 1.29 is 0 Å². The van der Waals surface area contributed by atoms with Crippen molar-refractivity contribution in [1.82, 2.24) is 10.3 Å². The van der Waals surface area contributed by atoms with E-state index in [0.29, 0.717) is 0 Å². The van der Waals surface area contributed by atoms with Gasteiger partial charge in [0.05, 0.1) is 0 Å². The Hall–Kier alpha value is -0.540. The molecule has 0 aliphatic carbocycles. The van der Waals surface area contributed by atoms with Gasteiger partial charge in [-0.3, -0.25) is 4.98 Å². The highest BCUT2D eigenvalue weighted by atomic mass is 32.2. The van der Waals surface area contributed by atoms with Crippen LogP contribution in [0.3, 0.4) is 0 Å². The number of thioether (sulfide) groups is 1. The molecule has 15 heavy (non-hydrogen) atoms. The van der Waals surface area contributed by atoms with Gasteiger partial charge in [0, 0.05) is 36.7 Å². The number of nitrogens with one attached hydrogen (secondary N) is 1. The Balaban J connectivity index is 1.66. The quantitative estimate of drug-likeness (QED) is 0.844. The summed E-state index contributed by atoms with van der Waals surface area (Å²) in [6.07, 6.45) is 5.62. The smallest absolute Gasteiger partial charge is 0.0416 e. The summed E-state index contributed by atoms with van der Waals surface area (Å²) < 4.78 is 0. The highest BCUT2D eigenvalue weighted by Gasteiger charge is 2.12. The van der Waals surface area contributed by atoms with E-state index in [1.165, 1.54) is 30.0 Å². The average Bonchev–Trinajstić information content (AvgIpc) is 2.32. The van der Waals surface area contributed by atoms with Gasteiger partial charge in [-0.05, 0) is 30.7 Å². The molecule has 1 atom stereocenters. The molecule has 1 N–H and O–H groups in total. The molecule has 1 aromatic rings.